The van der Waals surface area contributed by atoms with E-state index in [1.807, 2.05) is 11.8 Å². The van der Waals surface area contributed by atoms with Crippen molar-refractivity contribution in [3.8, 4) is 0 Å². The zero-order valence-corrected chi connectivity index (χ0v) is 15.4. The van der Waals surface area contributed by atoms with Gasteiger partial charge in [0.25, 0.3) is 0 Å². The van der Waals surface area contributed by atoms with E-state index in [0.717, 1.165) is 30.4 Å². The van der Waals surface area contributed by atoms with E-state index in [9.17, 15) is 0 Å². The van der Waals surface area contributed by atoms with Gasteiger partial charge in [-0.05, 0) is 47.1 Å². The number of nitrogens with one attached hydrogen (secondary N) is 1. The second-order valence-electron chi connectivity index (χ2n) is 5.24. The molecule has 1 rings (SSSR count). The van der Waals surface area contributed by atoms with Gasteiger partial charge in [-0.3, -0.25) is 0 Å². The molecule has 0 aliphatic carbocycles. The van der Waals surface area contributed by atoms with Gasteiger partial charge in [-0.15, -0.1) is 0 Å². The molecular formula is C14H24IN3S. The van der Waals surface area contributed by atoms with Gasteiger partial charge in [0.1, 0.15) is 11.6 Å². The van der Waals surface area contributed by atoms with Crippen molar-refractivity contribution < 1.29 is 0 Å². The minimum atomic E-state index is 0.610. The summed E-state index contributed by atoms with van der Waals surface area (Å²) < 4.78 is 1.17. The second-order valence-corrected chi connectivity index (χ2v) is 7.88. The minimum Gasteiger partial charge on any atom is -0.369 e. The van der Waals surface area contributed by atoms with Crippen LogP contribution in [-0.4, -0.2) is 21.8 Å². The van der Waals surface area contributed by atoms with Crippen LogP contribution < -0.4 is 5.32 Å². The van der Waals surface area contributed by atoms with Crippen LogP contribution in [0.1, 0.15) is 46.1 Å². The van der Waals surface area contributed by atoms with Gasteiger partial charge in [-0.2, -0.15) is 11.8 Å². The molecule has 0 amide bonds. The van der Waals surface area contributed by atoms with Crippen LogP contribution in [0, 0.1) is 9.49 Å². The number of aromatic nitrogens is 2. The second kappa shape index (κ2) is 8.29. The number of halogens is 1. The molecule has 0 radical (unpaired) electrons. The van der Waals surface area contributed by atoms with Crippen LogP contribution in [0.3, 0.4) is 0 Å². The molecule has 0 saturated heterocycles. The van der Waals surface area contributed by atoms with Gasteiger partial charge in [-0.1, -0.05) is 27.7 Å². The van der Waals surface area contributed by atoms with E-state index in [0.29, 0.717) is 11.2 Å². The molecule has 0 aromatic carbocycles. The molecule has 1 heterocycles. The zero-order chi connectivity index (χ0) is 14.4. The van der Waals surface area contributed by atoms with Crippen molar-refractivity contribution in [1.82, 2.24) is 9.97 Å². The van der Waals surface area contributed by atoms with Crippen LogP contribution >= 0.6 is 34.4 Å². The van der Waals surface area contributed by atoms with Crippen LogP contribution in [0.4, 0.5) is 5.82 Å². The Morgan fingerprint density at radius 3 is 2.42 bits per heavy atom. The smallest absolute Gasteiger partial charge is 0.143 e. The summed E-state index contributed by atoms with van der Waals surface area (Å²) in [5.41, 5.74) is 1.18. The van der Waals surface area contributed by atoms with Crippen molar-refractivity contribution in [3.63, 3.8) is 0 Å². The Hall–Kier alpha value is -0.0400. The van der Waals surface area contributed by atoms with Crippen molar-refractivity contribution in [2.45, 2.75) is 52.0 Å². The third-order valence-corrected chi connectivity index (χ3v) is 4.68. The van der Waals surface area contributed by atoms with Gasteiger partial charge >= 0.3 is 0 Å². The number of nitrogens with zero attached hydrogens (tertiary/aromatic N) is 2. The lowest BCUT2D eigenvalue weighted by molar-refractivity contribution is 0.629. The topological polar surface area (TPSA) is 37.8 Å². The van der Waals surface area contributed by atoms with E-state index in [1.165, 1.54) is 9.26 Å². The summed E-state index contributed by atoms with van der Waals surface area (Å²) in [6.45, 7) is 11.9. The van der Waals surface area contributed by atoms with Crippen LogP contribution in [-0.2, 0) is 12.2 Å². The molecular weight excluding hydrogens is 369 g/mol. The Morgan fingerprint density at radius 1 is 1.21 bits per heavy atom. The summed E-state index contributed by atoms with van der Waals surface area (Å²) in [5.74, 6) is 3.44. The molecule has 0 aliphatic rings. The third kappa shape index (κ3) is 5.85. The summed E-state index contributed by atoms with van der Waals surface area (Å²) in [6.07, 6.45) is 1.01. The minimum absolute atomic E-state index is 0.610. The SMILES string of the molecule is CCNc1nc(CSC(C)C)nc(CC(C)C)c1I. The highest BCUT2D eigenvalue weighted by Gasteiger charge is 2.13. The maximum Gasteiger partial charge on any atom is 0.143 e. The van der Waals surface area contributed by atoms with Crippen molar-refractivity contribution in [3.05, 3.63) is 15.1 Å². The summed E-state index contributed by atoms with van der Waals surface area (Å²) in [4.78, 5) is 9.40. The largest absolute Gasteiger partial charge is 0.369 e. The molecule has 0 aliphatic heterocycles. The van der Waals surface area contributed by atoms with Crippen molar-refractivity contribution in [2.75, 3.05) is 11.9 Å². The van der Waals surface area contributed by atoms with E-state index in [4.69, 9.17) is 4.98 Å². The Morgan fingerprint density at radius 2 is 1.89 bits per heavy atom. The lowest BCUT2D eigenvalue weighted by atomic mass is 10.1. The molecule has 0 fully saturated rings. The van der Waals surface area contributed by atoms with E-state index in [1.54, 1.807) is 0 Å². The van der Waals surface area contributed by atoms with Gasteiger partial charge in [0.05, 0.1) is 15.0 Å². The van der Waals surface area contributed by atoms with E-state index < -0.39 is 0 Å². The number of rotatable bonds is 7. The fourth-order valence-electron chi connectivity index (χ4n) is 1.66. The quantitative estimate of drug-likeness (QED) is 0.699. The fourth-order valence-corrected chi connectivity index (χ4v) is 2.92. The summed E-state index contributed by atoms with van der Waals surface area (Å²) in [5, 5.41) is 3.96. The van der Waals surface area contributed by atoms with Crippen LogP contribution in [0.2, 0.25) is 0 Å². The highest BCUT2D eigenvalue weighted by Crippen LogP contribution is 2.24. The maximum absolute atomic E-state index is 4.75. The predicted molar refractivity (Wildman–Crippen MR) is 93.9 cm³/mol. The average Bonchev–Trinajstić information content (AvgIpc) is 2.31. The van der Waals surface area contributed by atoms with Gasteiger partial charge in [0, 0.05) is 6.54 Å². The highest BCUT2D eigenvalue weighted by molar-refractivity contribution is 14.1. The van der Waals surface area contributed by atoms with Crippen LogP contribution in [0.25, 0.3) is 0 Å². The first-order valence-corrected chi connectivity index (χ1v) is 8.97. The van der Waals surface area contributed by atoms with Crippen LogP contribution in [0.5, 0.6) is 0 Å². The number of hydrogen-bond acceptors (Lipinski definition) is 4. The van der Waals surface area contributed by atoms with Gasteiger partial charge in [0.15, 0.2) is 0 Å². The van der Waals surface area contributed by atoms with Crippen LogP contribution in [0.15, 0.2) is 0 Å². The fraction of sp³-hybridized carbons (Fsp3) is 0.714. The molecule has 0 unspecified atom stereocenters. The summed E-state index contributed by atoms with van der Waals surface area (Å²) >= 11 is 4.25. The van der Waals surface area contributed by atoms with E-state index in [-0.39, 0.29) is 0 Å². The lowest BCUT2D eigenvalue weighted by Gasteiger charge is -2.14. The number of anilines is 1. The Balaban J connectivity index is 3.00. The van der Waals surface area contributed by atoms with E-state index >= 15 is 0 Å². The summed E-state index contributed by atoms with van der Waals surface area (Å²) in [7, 11) is 0. The van der Waals surface area contributed by atoms with Gasteiger partial charge in [0.2, 0.25) is 0 Å². The van der Waals surface area contributed by atoms with Crippen molar-refractivity contribution in [1.29, 1.82) is 0 Å². The molecule has 1 aromatic rings. The first-order chi connectivity index (χ1) is 8.93. The molecule has 0 saturated carbocycles. The number of thioether (sulfide) groups is 1. The van der Waals surface area contributed by atoms with Crippen molar-refractivity contribution in [2.24, 2.45) is 5.92 Å². The third-order valence-electron chi connectivity index (χ3n) is 2.46. The highest BCUT2D eigenvalue weighted by atomic mass is 127. The standard InChI is InChI=1S/C14H24IN3S/c1-6-16-14-13(15)11(7-9(2)3)17-12(18-14)8-19-10(4)5/h9-10H,6-8H2,1-5H3,(H,16,17,18). The first kappa shape index (κ1) is 17.0. The molecule has 1 N–H and O–H groups in total. The molecule has 19 heavy (non-hydrogen) atoms. The maximum atomic E-state index is 4.75. The predicted octanol–water partition coefficient (Wildman–Crippen LogP) is 4.35. The Bertz CT molecular complexity index is 408. The molecule has 5 heteroatoms. The Labute approximate surface area is 134 Å². The molecule has 0 atom stereocenters. The van der Waals surface area contributed by atoms with E-state index in [2.05, 4.69) is 67.5 Å². The zero-order valence-electron chi connectivity index (χ0n) is 12.5. The molecule has 3 nitrogen and oxygen atoms in total. The monoisotopic (exact) mass is 393 g/mol. The lowest BCUT2D eigenvalue weighted by Crippen LogP contribution is -2.11. The first-order valence-electron chi connectivity index (χ1n) is 6.84. The molecule has 0 bridgehead atoms. The summed E-state index contributed by atoms with van der Waals surface area (Å²) in [6, 6.07) is 0. The molecule has 1 aromatic heterocycles. The van der Waals surface area contributed by atoms with Gasteiger partial charge < -0.3 is 5.32 Å². The average molecular weight is 393 g/mol. The number of hydrogen-bond donors (Lipinski definition) is 1. The van der Waals surface area contributed by atoms with Crippen molar-refractivity contribution >= 4 is 40.2 Å². The normalized spacial score (nSPS) is 11.4. The Kier molecular flexibility index (Phi) is 7.42. The molecule has 108 valence electrons. The molecule has 0 spiro atoms. The van der Waals surface area contributed by atoms with Gasteiger partial charge in [-0.25, -0.2) is 9.97 Å².